The molecule has 0 bridgehead atoms. The third-order valence-corrected chi connectivity index (χ3v) is 7.97. The number of aliphatic carboxylic acids is 1. The van der Waals surface area contributed by atoms with Gasteiger partial charge >= 0.3 is 35.5 Å². The van der Waals surface area contributed by atoms with E-state index >= 15 is 0 Å². The minimum absolute atomic E-state index is 0. The number of carbonyl (C=O) groups is 1. The van der Waals surface area contributed by atoms with E-state index in [1.165, 1.54) is 0 Å². The van der Waals surface area contributed by atoms with Crippen LogP contribution in [-0.4, -0.2) is 49.1 Å². The second-order valence-electron chi connectivity index (χ2n) is 8.74. The van der Waals surface area contributed by atoms with Gasteiger partial charge in [0, 0.05) is 25.0 Å². The molecule has 0 aliphatic carbocycles. The summed E-state index contributed by atoms with van der Waals surface area (Å²) in [5.41, 5.74) is 3.05. The Balaban J connectivity index is 0.00000241. The van der Waals surface area contributed by atoms with Gasteiger partial charge in [-0.1, -0.05) is 17.7 Å². The molecule has 4 rings (SSSR count). The molecule has 37 heavy (non-hydrogen) atoms. The van der Waals surface area contributed by atoms with E-state index in [-0.39, 0.29) is 52.5 Å². The Labute approximate surface area is 246 Å². The van der Waals surface area contributed by atoms with Crippen LogP contribution >= 0.6 is 0 Å². The standard InChI is InChI=1S/C25H29N5O4S.ClH.Na/c1-17-14-18(2)24(19(3)15-17)35(33,34)30(16-23(31)32)21-8-6-20(7-9-21)27-22-10-11-26-25(28-22)29-12-4-5-13-29;;/h6-11,14-15H,4-5,12-13,16H2,1-3H3,(H,31,32)(H,26,27,28);1H;/q;;+1/p-1. The molecule has 0 spiro atoms. The predicted octanol–water partition coefficient (Wildman–Crippen LogP) is -1.97. The van der Waals surface area contributed by atoms with Crippen molar-refractivity contribution in [2.45, 2.75) is 38.5 Å². The summed E-state index contributed by atoms with van der Waals surface area (Å²) in [6.07, 6.45) is 3.95. The Bertz CT molecular complexity index is 1330. The maximum absolute atomic E-state index is 13.6. The second kappa shape index (κ2) is 12.9. The van der Waals surface area contributed by atoms with E-state index in [1.54, 1.807) is 62.5 Å². The summed E-state index contributed by atoms with van der Waals surface area (Å²) >= 11 is 0. The van der Waals surface area contributed by atoms with Gasteiger partial charge in [-0.2, -0.15) is 4.98 Å². The fraction of sp³-hybridized carbons (Fsp3) is 0.320. The first-order chi connectivity index (χ1) is 16.6. The van der Waals surface area contributed by atoms with Gasteiger partial charge in [0.15, 0.2) is 0 Å². The van der Waals surface area contributed by atoms with Crippen LogP contribution in [0.25, 0.3) is 0 Å². The van der Waals surface area contributed by atoms with Crippen molar-refractivity contribution in [3.8, 4) is 0 Å². The van der Waals surface area contributed by atoms with E-state index in [0.29, 0.717) is 28.6 Å². The van der Waals surface area contributed by atoms with Crippen molar-refractivity contribution in [1.82, 2.24) is 9.97 Å². The SMILES string of the molecule is Cc1cc(C)c(S(=O)(=O)N(CC(=O)O)c2ccc(Nc3ccnc(N4CCCC4)n3)cc2)c(C)c1.[Cl-].[Na+]. The van der Waals surface area contributed by atoms with E-state index in [9.17, 15) is 18.3 Å². The number of aryl methyl sites for hydroxylation is 3. The van der Waals surface area contributed by atoms with E-state index in [0.717, 1.165) is 35.8 Å². The summed E-state index contributed by atoms with van der Waals surface area (Å²) in [5, 5.41) is 12.7. The Morgan fingerprint density at radius 1 is 1.05 bits per heavy atom. The number of carboxylic acids is 1. The van der Waals surface area contributed by atoms with Crippen molar-refractivity contribution >= 4 is 39.1 Å². The maximum atomic E-state index is 13.6. The quantitative estimate of drug-likeness (QED) is 0.309. The maximum Gasteiger partial charge on any atom is 1.00 e. The van der Waals surface area contributed by atoms with Crippen molar-refractivity contribution < 1.29 is 60.3 Å². The van der Waals surface area contributed by atoms with E-state index in [2.05, 4.69) is 20.2 Å². The Kier molecular flexibility index (Phi) is 10.8. The van der Waals surface area contributed by atoms with E-state index < -0.39 is 22.5 Å². The molecule has 1 aromatic heterocycles. The summed E-state index contributed by atoms with van der Waals surface area (Å²) in [4.78, 5) is 22.8. The van der Waals surface area contributed by atoms with Crippen molar-refractivity contribution in [2.75, 3.05) is 34.2 Å². The fourth-order valence-corrected chi connectivity index (χ4v) is 6.30. The van der Waals surface area contributed by atoms with Crippen LogP contribution in [-0.2, 0) is 14.8 Å². The average Bonchev–Trinajstić information content (AvgIpc) is 3.32. The number of benzene rings is 2. The van der Waals surface area contributed by atoms with Gasteiger partial charge in [0.25, 0.3) is 10.0 Å². The molecule has 2 heterocycles. The third kappa shape index (κ3) is 7.14. The summed E-state index contributed by atoms with van der Waals surface area (Å²) in [6.45, 7) is 6.52. The van der Waals surface area contributed by atoms with Crippen molar-refractivity contribution in [3.63, 3.8) is 0 Å². The molecule has 3 aromatic rings. The number of rotatable bonds is 8. The minimum Gasteiger partial charge on any atom is -1.00 e. The van der Waals surface area contributed by atoms with Crippen LogP contribution in [0.4, 0.5) is 23.1 Å². The van der Waals surface area contributed by atoms with Crippen LogP contribution < -0.4 is 56.5 Å². The number of nitrogens with zero attached hydrogens (tertiary/aromatic N) is 4. The van der Waals surface area contributed by atoms with Crippen molar-refractivity contribution in [2.24, 2.45) is 0 Å². The Hall–Kier alpha value is -2.37. The number of halogens is 1. The molecular formula is C25H29ClN5NaO4S. The van der Waals surface area contributed by atoms with Gasteiger partial charge in [0.1, 0.15) is 12.4 Å². The molecule has 1 aliphatic heterocycles. The molecule has 0 unspecified atom stereocenters. The van der Waals surface area contributed by atoms with Crippen LogP contribution in [0.5, 0.6) is 0 Å². The topological polar surface area (TPSA) is 116 Å². The average molecular weight is 554 g/mol. The number of hydrogen-bond donors (Lipinski definition) is 2. The summed E-state index contributed by atoms with van der Waals surface area (Å²) in [5.74, 6) is 0.0517. The largest absolute Gasteiger partial charge is 1.00 e. The zero-order valence-corrected chi connectivity index (χ0v) is 25.0. The molecular weight excluding hydrogens is 525 g/mol. The molecule has 12 heteroatoms. The first kappa shape index (κ1) is 30.9. The van der Waals surface area contributed by atoms with Gasteiger partial charge in [-0.25, -0.2) is 13.4 Å². The molecule has 2 aromatic carbocycles. The molecule has 9 nitrogen and oxygen atoms in total. The first-order valence-corrected chi connectivity index (χ1v) is 12.9. The minimum atomic E-state index is -4.11. The first-order valence-electron chi connectivity index (χ1n) is 11.4. The number of sulfonamides is 1. The van der Waals surface area contributed by atoms with Crippen LogP contribution in [0, 0.1) is 20.8 Å². The second-order valence-corrected chi connectivity index (χ2v) is 10.5. The van der Waals surface area contributed by atoms with Gasteiger partial charge in [-0.15, -0.1) is 0 Å². The van der Waals surface area contributed by atoms with Crippen molar-refractivity contribution in [3.05, 3.63) is 65.4 Å². The zero-order valence-electron chi connectivity index (χ0n) is 21.4. The molecule has 1 aliphatic rings. The Morgan fingerprint density at radius 3 is 2.22 bits per heavy atom. The molecule has 0 saturated carbocycles. The monoisotopic (exact) mass is 553 g/mol. The summed E-state index contributed by atoms with van der Waals surface area (Å²) in [6, 6.07) is 11.9. The molecule has 192 valence electrons. The van der Waals surface area contributed by atoms with Crippen LogP contribution in [0.2, 0.25) is 0 Å². The Morgan fingerprint density at radius 2 is 1.65 bits per heavy atom. The van der Waals surface area contributed by atoms with Crippen molar-refractivity contribution in [1.29, 1.82) is 0 Å². The van der Waals surface area contributed by atoms with Crippen LogP contribution in [0.1, 0.15) is 29.5 Å². The number of aromatic nitrogens is 2. The summed E-state index contributed by atoms with van der Waals surface area (Å²) in [7, 11) is -4.11. The van der Waals surface area contributed by atoms with Gasteiger partial charge in [0.05, 0.1) is 10.6 Å². The fourth-order valence-electron chi connectivity index (χ4n) is 4.47. The van der Waals surface area contributed by atoms with E-state index in [1.807, 2.05) is 6.92 Å². The van der Waals surface area contributed by atoms with Gasteiger partial charge in [0.2, 0.25) is 5.95 Å². The van der Waals surface area contributed by atoms with Crippen LogP contribution in [0.3, 0.4) is 0 Å². The molecule has 0 amide bonds. The summed E-state index contributed by atoms with van der Waals surface area (Å²) < 4.78 is 28.1. The van der Waals surface area contributed by atoms with Gasteiger partial charge < -0.3 is 27.7 Å². The molecule has 1 fully saturated rings. The zero-order chi connectivity index (χ0) is 25.2. The number of hydrogen-bond acceptors (Lipinski definition) is 7. The van der Waals surface area contributed by atoms with Gasteiger partial charge in [-0.3, -0.25) is 9.10 Å². The normalized spacial score (nSPS) is 12.9. The molecule has 0 atom stereocenters. The number of carboxylic acid groups (broad SMARTS) is 1. The predicted molar refractivity (Wildman–Crippen MR) is 136 cm³/mol. The smallest absolute Gasteiger partial charge is 1.00 e. The van der Waals surface area contributed by atoms with Crippen LogP contribution in [0.15, 0.2) is 53.6 Å². The van der Waals surface area contributed by atoms with E-state index in [4.69, 9.17) is 0 Å². The number of anilines is 4. The third-order valence-electron chi connectivity index (χ3n) is 5.89. The molecule has 2 N–H and O–H groups in total. The molecule has 1 saturated heterocycles. The molecule has 0 radical (unpaired) electrons. The number of nitrogens with one attached hydrogen (secondary N) is 1. The van der Waals surface area contributed by atoms with Gasteiger partial charge in [-0.05, 0) is 75.1 Å².